The van der Waals surface area contributed by atoms with Crippen molar-refractivity contribution in [3.8, 4) is 5.75 Å². The predicted molar refractivity (Wildman–Crippen MR) is 71.6 cm³/mol. The summed E-state index contributed by atoms with van der Waals surface area (Å²) in [4.78, 5) is 0. The lowest BCUT2D eigenvalue weighted by molar-refractivity contribution is 0.242. The third-order valence-electron chi connectivity index (χ3n) is 3.56. The van der Waals surface area contributed by atoms with Gasteiger partial charge in [0, 0.05) is 6.04 Å². The van der Waals surface area contributed by atoms with Crippen molar-refractivity contribution < 1.29 is 4.74 Å². The van der Waals surface area contributed by atoms with Crippen molar-refractivity contribution in [1.82, 2.24) is 5.32 Å². The van der Waals surface area contributed by atoms with Crippen molar-refractivity contribution in [2.45, 2.75) is 51.7 Å². The zero-order chi connectivity index (χ0) is 12.6. The second kappa shape index (κ2) is 4.34. The quantitative estimate of drug-likeness (QED) is 0.863. The number of hydrogen-bond acceptors (Lipinski definition) is 2. The lowest BCUT2D eigenvalue weighted by Gasteiger charge is -2.19. The van der Waals surface area contributed by atoms with Gasteiger partial charge in [-0.25, -0.2) is 0 Å². The molecule has 17 heavy (non-hydrogen) atoms. The molecule has 0 spiro atoms. The van der Waals surface area contributed by atoms with Gasteiger partial charge in [0.2, 0.25) is 0 Å². The second-order valence-corrected chi connectivity index (χ2v) is 5.84. The molecule has 1 aliphatic carbocycles. The molecule has 0 heterocycles. The summed E-state index contributed by atoms with van der Waals surface area (Å²) in [6.07, 6.45) is 1.39. The number of nitrogens with one attached hydrogen (secondary N) is 1. The van der Waals surface area contributed by atoms with Gasteiger partial charge < -0.3 is 10.1 Å². The first-order chi connectivity index (χ1) is 7.94. The molecule has 1 unspecified atom stereocenters. The van der Waals surface area contributed by atoms with Gasteiger partial charge in [-0.1, -0.05) is 19.9 Å². The first-order valence-electron chi connectivity index (χ1n) is 6.42. The van der Waals surface area contributed by atoms with Crippen LogP contribution in [0.2, 0.25) is 0 Å². The van der Waals surface area contributed by atoms with Crippen LogP contribution in [0.1, 0.15) is 51.3 Å². The maximum absolute atomic E-state index is 5.77. The highest BCUT2D eigenvalue weighted by atomic mass is 16.5. The van der Waals surface area contributed by atoms with Crippen molar-refractivity contribution in [3.63, 3.8) is 0 Å². The van der Waals surface area contributed by atoms with E-state index in [1.807, 2.05) is 7.05 Å². The van der Waals surface area contributed by atoms with E-state index in [9.17, 15) is 0 Å². The molecular weight excluding hydrogens is 210 g/mol. The summed E-state index contributed by atoms with van der Waals surface area (Å²) < 4.78 is 5.77. The second-order valence-electron chi connectivity index (χ2n) is 5.84. The Balaban J connectivity index is 2.37. The van der Waals surface area contributed by atoms with E-state index in [-0.39, 0.29) is 11.5 Å². The van der Waals surface area contributed by atoms with Crippen LogP contribution in [0.5, 0.6) is 5.75 Å². The van der Waals surface area contributed by atoms with E-state index in [2.05, 4.69) is 51.2 Å². The minimum Gasteiger partial charge on any atom is -0.491 e. The number of fused-ring (bicyclic) bond motifs is 1. The molecule has 94 valence electrons. The van der Waals surface area contributed by atoms with Gasteiger partial charge in [-0.2, -0.15) is 0 Å². The summed E-state index contributed by atoms with van der Waals surface area (Å²) in [5.41, 5.74) is 3.11. The molecule has 0 amide bonds. The smallest absolute Gasteiger partial charge is 0.120 e. The molecular formula is C15H23NO. The largest absolute Gasteiger partial charge is 0.491 e. The predicted octanol–water partition coefficient (Wildman–Crippen LogP) is 3.42. The normalized spacial score (nSPS) is 21.6. The number of benzene rings is 1. The van der Waals surface area contributed by atoms with Crippen LogP contribution in [-0.2, 0) is 5.41 Å². The zero-order valence-electron chi connectivity index (χ0n) is 11.5. The van der Waals surface area contributed by atoms with Gasteiger partial charge in [0.1, 0.15) is 5.75 Å². The fraction of sp³-hybridized carbons (Fsp3) is 0.600. The van der Waals surface area contributed by atoms with E-state index in [0.29, 0.717) is 6.04 Å². The Kier molecular flexibility index (Phi) is 3.17. The van der Waals surface area contributed by atoms with E-state index >= 15 is 0 Å². The first kappa shape index (κ1) is 12.4. The number of rotatable bonds is 3. The SMILES string of the molecule is CNC1CC(C)(C)c2ccc(OC(C)C)cc21. The van der Waals surface area contributed by atoms with Gasteiger partial charge in [-0.3, -0.25) is 0 Å². The maximum Gasteiger partial charge on any atom is 0.120 e. The van der Waals surface area contributed by atoms with Crippen LogP contribution < -0.4 is 10.1 Å². The fourth-order valence-electron chi connectivity index (χ4n) is 2.78. The van der Waals surface area contributed by atoms with Gasteiger partial charge in [0.15, 0.2) is 0 Å². The molecule has 1 aromatic carbocycles. The van der Waals surface area contributed by atoms with Crippen LogP contribution in [0, 0.1) is 0 Å². The minimum atomic E-state index is 0.232. The molecule has 0 fully saturated rings. The third-order valence-corrected chi connectivity index (χ3v) is 3.56. The maximum atomic E-state index is 5.77. The van der Waals surface area contributed by atoms with Gasteiger partial charge in [0.05, 0.1) is 6.10 Å². The third kappa shape index (κ3) is 2.32. The summed E-state index contributed by atoms with van der Waals surface area (Å²) >= 11 is 0. The lowest BCUT2D eigenvalue weighted by Crippen LogP contribution is -2.17. The summed E-state index contributed by atoms with van der Waals surface area (Å²) in [7, 11) is 2.03. The summed E-state index contributed by atoms with van der Waals surface area (Å²) in [6, 6.07) is 6.98. The fourth-order valence-corrected chi connectivity index (χ4v) is 2.78. The molecule has 0 saturated carbocycles. The Hall–Kier alpha value is -1.02. The highest BCUT2D eigenvalue weighted by Gasteiger charge is 2.36. The summed E-state index contributed by atoms with van der Waals surface area (Å²) in [5, 5.41) is 3.40. The molecule has 0 aliphatic heterocycles. The Morgan fingerprint density at radius 1 is 1.35 bits per heavy atom. The van der Waals surface area contributed by atoms with Crippen molar-refractivity contribution >= 4 is 0 Å². The molecule has 1 aromatic rings. The molecule has 0 radical (unpaired) electrons. The van der Waals surface area contributed by atoms with E-state index in [1.54, 1.807) is 0 Å². The zero-order valence-corrected chi connectivity index (χ0v) is 11.5. The van der Waals surface area contributed by atoms with Crippen molar-refractivity contribution in [1.29, 1.82) is 0 Å². The van der Waals surface area contributed by atoms with Gasteiger partial charge in [-0.15, -0.1) is 0 Å². The molecule has 1 N–H and O–H groups in total. The highest BCUT2D eigenvalue weighted by molar-refractivity contribution is 5.45. The van der Waals surface area contributed by atoms with Crippen LogP contribution in [0.4, 0.5) is 0 Å². The topological polar surface area (TPSA) is 21.3 Å². The van der Waals surface area contributed by atoms with Crippen molar-refractivity contribution in [2.75, 3.05) is 7.05 Å². The van der Waals surface area contributed by atoms with E-state index in [4.69, 9.17) is 4.74 Å². The Labute approximate surface area is 104 Å². The molecule has 1 atom stereocenters. The molecule has 0 bridgehead atoms. The molecule has 0 aromatic heterocycles. The minimum absolute atomic E-state index is 0.232. The van der Waals surface area contributed by atoms with E-state index in [1.165, 1.54) is 11.1 Å². The molecule has 2 rings (SSSR count). The van der Waals surface area contributed by atoms with Crippen LogP contribution in [0.3, 0.4) is 0 Å². The van der Waals surface area contributed by atoms with Crippen LogP contribution in [0.15, 0.2) is 18.2 Å². The van der Waals surface area contributed by atoms with Crippen molar-refractivity contribution in [3.05, 3.63) is 29.3 Å². The molecule has 1 aliphatic rings. The van der Waals surface area contributed by atoms with Crippen LogP contribution in [-0.4, -0.2) is 13.2 Å². The summed E-state index contributed by atoms with van der Waals surface area (Å²) in [5.74, 6) is 0.983. The van der Waals surface area contributed by atoms with Crippen LogP contribution >= 0.6 is 0 Å². The average molecular weight is 233 g/mol. The van der Waals surface area contributed by atoms with Gasteiger partial charge >= 0.3 is 0 Å². The highest BCUT2D eigenvalue weighted by Crippen LogP contribution is 2.45. The van der Waals surface area contributed by atoms with Crippen LogP contribution in [0.25, 0.3) is 0 Å². The Morgan fingerprint density at radius 2 is 2.06 bits per heavy atom. The first-order valence-corrected chi connectivity index (χ1v) is 6.42. The molecule has 0 saturated heterocycles. The van der Waals surface area contributed by atoms with Gasteiger partial charge in [0.25, 0.3) is 0 Å². The standard InChI is InChI=1S/C15H23NO/c1-10(2)17-11-6-7-13-12(8-11)14(16-5)9-15(13,3)4/h6-8,10,14,16H,9H2,1-5H3. The number of hydrogen-bond donors (Lipinski definition) is 1. The monoisotopic (exact) mass is 233 g/mol. The lowest BCUT2D eigenvalue weighted by atomic mass is 9.86. The summed E-state index contributed by atoms with van der Waals surface area (Å²) in [6.45, 7) is 8.75. The van der Waals surface area contributed by atoms with Crippen molar-refractivity contribution in [2.24, 2.45) is 0 Å². The Bertz CT molecular complexity index is 409. The molecule has 2 heteroatoms. The van der Waals surface area contributed by atoms with E-state index < -0.39 is 0 Å². The Morgan fingerprint density at radius 3 is 2.65 bits per heavy atom. The molecule has 2 nitrogen and oxygen atoms in total. The average Bonchev–Trinajstić information content (AvgIpc) is 2.49. The van der Waals surface area contributed by atoms with E-state index in [0.717, 1.165) is 12.2 Å². The number of ether oxygens (including phenoxy) is 1. The van der Waals surface area contributed by atoms with Gasteiger partial charge in [-0.05, 0) is 56.0 Å².